The van der Waals surface area contributed by atoms with Crippen molar-refractivity contribution in [3.05, 3.63) is 38.9 Å². The zero-order valence-electron chi connectivity index (χ0n) is 11.0. The summed E-state index contributed by atoms with van der Waals surface area (Å²) in [5, 5.41) is 10.6. The first-order chi connectivity index (χ1) is 9.80. The number of nitrogens with zero attached hydrogens (tertiary/aromatic N) is 2. The lowest BCUT2D eigenvalue weighted by Crippen LogP contribution is -2.33. The third kappa shape index (κ3) is 3.70. The molecule has 114 valence electrons. The fourth-order valence-corrected chi connectivity index (χ4v) is 3.63. The van der Waals surface area contributed by atoms with E-state index in [0.29, 0.717) is 13.0 Å². The van der Waals surface area contributed by atoms with Gasteiger partial charge in [0.05, 0.1) is 16.4 Å². The highest BCUT2D eigenvalue weighted by Crippen LogP contribution is 2.25. The van der Waals surface area contributed by atoms with Crippen LogP contribution in [0.25, 0.3) is 0 Å². The molecule has 0 spiro atoms. The summed E-state index contributed by atoms with van der Waals surface area (Å²) in [6, 6.07) is 3.73. The van der Waals surface area contributed by atoms with Crippen molar-refractivity contribution < 1.29 is 18.1 Å². The molecule has 1 aliphatic rings. The van der Waals surface area contributed by atoms with Crippen LogP contribution in [0, 0.1) is 10.1 Å². The molecule has 1 saturated heterocycles. The van der Waals surface area contributed by atoms with Crippen LogP contribution in [-0.4, -0.2) is 48.7 Å². The maximum atomic E-state index is 12.3. The van der Waals surface area contributed by atoms with Crippen molar-refractivity contribution in [2.75, 3.05) is 24.6 Å². The lowest BCUT2D eigenvalue weighted by atomic mass is 10.1. The summed E-state index contributed by atoms with van der Waals surface area (Å²) in [7, 11) is -3.10. The Kier molecular flexibility index (Phi) is 4.48. The third-order valence-electron chi connectivity index (χ3n) is 3.23. The van der Waals surface area contributed by atoms with Gasteiger partial charge in [-0.3, -0.25) is 14.9 Å². The van der Waals surface area contributed by atoms with Crippen molar-refractivity contribution >= 4 is 33.0 Å². The lowest BCUT2D eigenvalue weighted by Gasteiger charge is -2.19. The minimum atomic E-state index is -3.10. The fraction of sp³-hybridized carbons (Fsp3) is 0.417. The number of benzene rings is 1. The highest BCUT2D eigenvalue weighted by molar-refractivity contribution is 7.91. The number of sulfone groups is 1. The van der Waals surface area contributed by atoms with Crippen LogP contribution in [0.1, 0.15) is 16.8 Å². The number of halogens is 1. The molecule has 1 aromatic rings. The molecular formula is C12H13ClN2O5S. The molecule has 0 atom stereocenters. The molecule has 0 aliphatic carbocycles. The molecule has 21 heavy (non-hydrogen) atoms. The predicted octanol–water partition coefficient (Wildman–Crippen LogP) is 1.51. The molecule has 9 heteroatoms. The van der Waals surface area contributed by atoms with Crippen molar-refractivity contribution in [3.8, 4) is 0 Å². The van der Waals surface area contributed by atoms with Gasteiger partial charge in [0.25, 0.3) is 11.6 Å². The monoisotopic (exact) mass is 332 g/mol. The van der Waals surface area contributed by atoms with Gasteiger partial charge in [-0.05, 0) is 18.6 Å². The molecule has 1 aliphatic heterocycles. The summed E-state index contributed by atoms with van der Waals surface area (Å²) in [5.74, 6) is -0.374. The summed E-state index contributed by atoms with van der Waals surface area (Å²) >= 11 is 5.78. The average molecular weight is 333 g/mol. The smallest absolute Gasteiger partial charge is 0.287 e. The van der Waals surface area contributed by atoms with Crippen molar-refractivity contribution in [1.29, 1.82) is 0 Å². The normalized spacial score (nSPS) is 18.0. The number of hydrogen-bond acceptors (Lipinski definition) is 5. The van der Waals surface area contributed by atoms with Gasteiger partial charge in [-0.15, -0.1) is 0 Å². The number of carbonyl (C=O) groups is 1. The minimum Gasteiger partial charge on any atom is -0.338 e. The molecule has 0 bridgehead atoms. The Labute approximate surface area is 126 Å². The topological polar surface area (TPSA) is 97.6 Å². The van der Waals surface area contributed by atoms with Gasteiger partial charge in [-0.2, -0.15) is 0 Å². The summed E-state index contributed by atoms with van der Waals surface area (Å²) in [5.41, 5.74) is -0.0587. The van der Waals surface area contributed by atoms with E-state index in [1.54, 1.807) is 0 Å². The van der Waals surface area contributed by atoms with E-state index >= 15 is 0 Å². The Balaban J connectivity index is 2.20. The zero-order valence-corrected chi connectivity index (χ0v) is 12.6. The Morgan fingerprint density at radius 3 is 2.62 bits per heavy atom. The Morgan fingerprint density at radius 1 is 1.29 bits per heavy atom. The van der Waals surface area contributed by atoms with Crippen LogP contribution in [0.15, 0.2) is 18.2 Å². The Morgan fingerprint density at radius 2 is 2.00 bits per heavy atom. The van der Waals surface area contributed by atoms with Gasteiger partial charge in [0.1, 0.15) is 5.02 Å². The largest absolute Gasteiger partial charge is 0.338 e. The van der Waals surface area contributed by atoms with Gasteiger partial charge in [0, 0.05) is 24.7 Å². The van der Waals surface area contributed by atoms with E-state index in [4.69, 9.17) is 11.6 Å². The van der Waals surface area contributed by atoms with Crippen molar-refractivity contribution in [1.82, 2.24) is 4.90 Å². The Hall–Kier alpha value is -1.67. The first-order valence-electron chi connectivity index (χ1n) is 6.24. The number of rotatable bonds is 2. The molecule has 1 aromatic carbocycles. The van der Waals surface area contributed by atoms with Crippen LogP contribution in [0.2, 0.25) is 5.02 Å². The van der Waals surface area contributed by atoms with E-state index in [0.717, 1.165) is 0 Å². The van der Waals surface area contributed by atoms with Gasteiger partial charge < -0.3 is 4.90 Å². The second-order valence-electron chi connectivity index (χ2n) is 4.72. The van der Waals surface area contributed by atoms with Crippen LogP contribution in [0.3, 0.4) is 0 Å². The quantitative estimate of drug-likeness (QED) is 0.604. The van der Waals surface area contributed by atoms with Crippen LogP contribution < -0.4 is 0 Å². The molecule has 2 rings (SSSR count). The molecule has 1 fully saturated rings. The maximum absolute atomic E-state index is 12.3. The standard InChI is InChI=1S/C12H13ClN2O5S/c13-10-8-9(2-3-11(10)15(17)18)12(16)14-4-1-6-21(19,20)7-5-14/h2-3,8H,1,4-7H2. The molecule has 1 heterocycles. The van der Waals surface area contributed by atoms with Gasteiger partial charge >= 0.3 is 0 Å². The molecular weight excluding hydrogens is 320 g/mol. The highest BCUT2D eigenvalue weighted by atomic mass is 35.5. The number of amides is 1. The lowest BCUT2D eigenvalue weighted by molar-refractivity contribution is -0.384. The van der Waals surface area contributed by atoms with Crippen molar-refractivity contribution in [2.24, 2.45) is 0 Å². The van der Waals surface area contributed by atoms with E-state index in [1.165, 1.54) is 23.1 Å². The second kappa shape index (κ2) is 5.98. The first-order valence-corrected chi connectivity index (χ1v) is 8.44. The van der Waals surface area contributed by atoms with Gasteiger partial charge in [0.15, 0.2) is 9.84 Å². The van der Waals surface area contributed by atoms with E-state index in [9.17, 15) is 23.3 Å². The first kappa shape index (κ1) is 15.7. The SMILES string of the molecule is O=C(c1ccc([N+](=O)[O-])c(Cl)c1)N1CCCS(=O)(=O)CC1. The van der Waals surface area contributed by atoms with Gasteiger partial charge in [0.2, 0.25) is 0 Å². The molecule has 1 amide bonds. The summed E-state index contributed by atoms with van der Waals surface area (Å²) < 4.78 is 23.0. The van der Waals surface area contributed by atoms with E-state index in [-0.39, 0.29) is 40.2 Å². The summed E-state index contributed by atoms with van der Waals surface area (Å²) in [4.78, 5) is 23.8. The summed E-state index contributed by atoms with van der Waals surface area (Å²) in [6.07, 6.45) is 0.384. The second-order valence-corrected chi connectivity index (χ2v) is 7.43. The molecule has 0 radical (unpaired) electrons. The molecule has 0 aromatic heterocycles. The van der Waals surface area contributed by atoms with Crippen molar-refractivity contribution in [2.45, 2.75) is 6.42 Å². The van der Waals surface area contributed by atoms with Crippen LogP contribution >= 0.6 is 11.6 Å². The zero-order chi connectivity index (χ0) is 15.6. The number of nitro groups is 1. The number of carbonyl (C=O) groups excluding carboxylic acids is 1. The van der Waals surface area contributed by atoms with Crippen LogP contribution in [-0.2, 0) is 9.84 Å². The van der Waals surface area contributed by atoms with E-state index < -0.39 is 14.8 Å². The predicted molar refractivity (Wildman–Crippen MR) is 77.3 cm³/mol. The van der Waals surface area contributed by atoms with Crippen molar-refractivity contribution in [3.63, 3.8) is 0 Å². The molecule has 0 saturated carbocycles. The van der Waals surface area contributed by atoms with E-state index in [1.807, 2.05) is 0 Å². The number of nitro benzene ring substituents is 1. The highest BCUT2D eigenvalue weighted by Gasteiger charge is 2.24. The van der Waals surface area contributed by atoms with Crippen LogP contribution in [0.4, 0.5) is 5.69 Å². The fourth-order valence-electron chi connectivity index (χ4n) is 2.11. The summed E-state index contributed by atoms with van der Waals surface area (Å²) in [6.45, 7) is 0.461. The van der Waals surface area contributed by atoms with E-state index in [2.05, 4.69) is 0 Å². The van der Waals surface area contributed by atoms with Crippen LogP contribution in [0.5, 0.6) is 0 Å². The van der Waals surface area contributed by atoms with Gasteiger partial charge in [-0.25, -0.2) is 8.42 Å². The molecule has 0 unspecified atom stereocenters. The molecule has 0 N–H and O–H groups in total. The van der Waals surface area contributed by atoms with Gasteiger partial charge in [-0.1, -0.05) is 11.6 Å². The third-order valence-corrected chi connectivity index (χ3v) is 5.25. The molecule has 7 nitrogen and oxygen atoms in total. The number of hydrogen-bond donors (Lipinski definition) is 0. The minimum absolute atomic E-state index is 0.0673. The maximum Gasteiger partial charge on any atom is 0.287 e. The average Bonchev–Trinajstić information content (AvgIpc) is 2.58. The Bertz CT molecular complexity index is 689.